The zero-order valence-electron chi connectivity index (χ0n) is 10.4. The van der Waals surface area contributed by atoms with Crippen molar-refractivity contribution >= 4 is 45.1 Å². The van der Waals surface area contributed by atoms with Crippen LogP contribution >= 0.6 is 27.5 Å². The van der Waals surface area contributed by atoms with E-state index in [0.29, 0.717) is 4.47 Å². The number of hydrogen-bond acceptors (Lipinski definition) is 2. The number of rotatable bonds is 3. The number of amides is 1. The number of carbonyl (C=O) groups excluding carboxylic acids is 1. The summed E-state index contributed by atoms with van der Waals surface area (Å²) in [5.74, 6) is -2.49. The van der Waals surface area contributed by atoms with E-state index in [4.69, 9.17) is 16.7 Å². The molecule has 0 aliphatic heterocycles. The average molecular weight is 373 g/mol. The van der Waals surface area contributed by atoms with Crippen LogP contribution in [0.3, 0.4) is 0 Å². The summed E-state index contributed by atoms with van der Waals surface area (Å²) in [7, 11) is 0. The third kappa shape index (κ3) is 3.59. The molecule has 0 fully saturated rings. The molecule has 2 N–H and O–H groups in total. The van der Waals surface area contributed by atoms with E-state index in [9.17, 15) is 14.0 Å². The summed E-state index contributed by atoms with van der Waals surface area (Å²) in [6.45, 7) is 0. The van der Waals surface area contributed by atoms with Gasteiger partial charge in [0.1, 0.15) is 11.4 Å². The zero-order valence-corrected chi connectivity index (χ0v) is 12.7. The standard InChI is InChI=1S/C14H8BrClFNO3/c15-8-4-7(5-9(17)6-8)13(19)18-11-3-1-2-10(16)12(11)14(20)21/h1-6H,(H,18,19)(H,20,21). The molecule has 0 spiro atoms. The maximum absolute atomic E-state index is 13.3. The Bertz CT molecular complexity index is 716. The van der Waals surface area contributed by atoms with Crippen molar-refractivity contribution < 1.29 is 19.1 Å². The molecular formula is C14H8BrClFNO3. The van der Waals surface area contributed by atoms with Gasteiger partial charge in [-0.1, -0.05) is 33.6 Å². The van der Waals surface area contributed by atoms with Gasteiger partial charge in [0.25, 0.3) is 5.91 Å². The predicted molar refractivity (Wildman–Crippen MR) is 80.5 cm³/mol. The molecule has 2 rings (SSSR count). The van der Waals surface area contributed by atoms with E-state index >= 15 is 0 Å². The SMILES string of the molecule is O=C(Nc1cccc(Cl)c1C(=O)O)c1cc(F)cc(Br)c1. The molecule has 0 heterocycles. The summed E-state index contributed by atoms with van der Waals surface area (Å²) in [6.07, 6.45) is 0. The maximum Gasteiger partial charge on any atom is 0.339 e. The third-order valence-electron chi connectivity index (χ3n) is 2.60. The van der Waals surface area contributed by atoms with Crippen molar-refractivity contribution in [2.75, 3.05) is 5.32 Å². The molecule has 0 bridgehead atoms. The van der Waals surface area contributed by atoms with Crippen molar-refractivity contribution in [1.82, 2.24) is 0 Å². The molecule has 0 aliphatic carbocycles. The van der Waals surface area contributed by atoms with Gasteiger partial charge in [0.2, 0.25) is 0 Å². The molecule has 0 aliphatic rings. The number of nitrogens with one attached hydrogen (secondary N) is 1. The van der Waals surface area contributed by atoms with E-state index in [2.05, 4.69) is 21.2 Å². The Morgan fingerprint density at radius 3 is 2.57 bits per heavy atom. The van der Waals surface area contributed by atoms with Gasteiger partial charge in [0.05, 0.1) is 10.7 Å². The van der Waals surface area contributed by atoms with Crippen LogP contribution in [0.4, 0.5) is 10.1 Å². The van der Waals surface area contributed by atoms with Gasteiger partial charge in [-0.25, -0.2) is 9.18 Å². The molecule has 1 amide bonds. The second kappa shape index (κ2) is 6.24. The van der Waals surface area contributed by atoms with Crippen LogP contribution in [-0.4, -0.2) is 17.0 Å². The van der Waals surface area contributed by atoms with Gasteiger partial charge in [-0.05, 0) is 30.3 Å². The Balaban J connectivity index is 2.36. The first-order valence-corrected chi connectivity index (χ1v) is 6.85. The van der Waals surface area contributed by atoms with Crippen molar-refractivity contribution in [2.24, 2.45) is 0 Å². The van der Waals surface area contributed by atoms with E-state index in [1.54, 1.807) is 0 Å². The lowest BCUT2D eigenvalue weighted by atomic mass is 10.1. The quantitative estimate of drug-likeness (QED) is 0.849. The zero-order chi connectivity index (χ0) is 15.6. The van der Waals surface area contributed by atoms with E-state index in [-0.39, 0.29) is 21.8 Å². The lowest BCUT2D eigenvalue weighted by Crippen LogP contribution is -2.15. The van der Waals surface area contributed by atoms with Crippen LogP contribution in [0.2, 0.25) is 5.02 Å². The van der Waals surface area contributed by atoms with Gasteiger partial charge in [-0.2, -0.15) is 0 Å². The molecule has 0 radical (unpaired) electrons. The number of benzene rings is 2. The average Bonchev–Trinajstić information content (AvgIpc) is 2.37. The van der Waals surface area contributed by atoms with Crippen molar-refractivity contribution in [1.29, 1.82) is 0 Å². The van der Waals surface area contributed by atoms with Crippen molar-refractivity contribution in [2.45, 2.75) is 0 Å². The number of carbonyl (C=O) groups is 2. The van der Waals surface area contributed by atoms with Crippen LogP contribution in [0.5, 0.6) is 0 Å². The second-order valence-corrected chi connectivity index (χ2v) is 5.40. The van der Waals surface area contributed by atoms with E-state index < -0.39 is 17.7 Å². The van der Waals surface area contributed by atoms with Crippen LogP contribution < -0.4 is 5.32 Å². The number of carboxylic acid groups (broad SMARTS) is 1. The Labute approximate surface area is 132 Å². The lowest BCUT2D eigenvalue weighted by Gasteiger charge is -2.10. The molecular weight excluding hydrogens is 365 g/mol. The van der Waals surface area contributed by atoms with Crippen molar-refractivity contribution in [3.05, 3.63) is 62.8 Å². The van der Waals surface area contributed by atoms with Gasteiger partial charge in [0.15, 0.2) is 0 Å². The molecule has 0 saturated heterocycles. The molecule has 0 aromatic heterocycles. The highest BCUT2D eigenvalue weighted by Gasteiger charge is 2.17. The minimum atomic E-state index is -1.27. The number of carboxylic acids is 1. The first-order chi connectivity index (χ1) is 9.88. The fourth-order valence-corrected chi connectivity index (χ4v) is 2.45. The van der Waals surface area contributed by atoms with Crippen LogP contribution in [-0.2, 0) is 0 Å². The summed E-state index contributed by atoms with van der Waals surface area (Å²) in [5.41, 5.74) is -0.124. The Kier molecular flexibility index (Phi) is 4.59. The second-order valence-electron chi connectivity index (χ2n) is 4.08. The third-order valence-corrected chi connectivity index (χ3v) is 3.37. The normalized spacial score (nSPS) is 10.2. The van der Waals surface area contributed by atoms with E-state index in [1.165, 1.54) is 30.3 Å². The van der Waals surface area contributed by atoms with Gasteiger partial charge in [-0.15, -0.1) is 0 Å². The van der Waals surface area contributed by atoms with Gasteiger partial charge in [-0.3, -0.25) is 4.79 Å². The highest BCUT2D eigenvalue weighted by atomic mass is 79.9. The Morgan fingerprint density at radius 2 is 1.95 bits per heavy atom. The van der Waals surface area contributed by atoms with Crippen LogP contribution in [0, 0.1) is 5.82 Å². The summed E-state index contributed by atoms with van der Waals surface area (Å²) < 4.78 is 13.7. The molecule has 4 nitrogen and oxygen atoms in total. The first-order valence-electron chi connectivity index (χ1n) is 5.67. The predicted octanol–water partition coefficient (Wildman–Crippen LogP) is 4.19. The number of aromatic carboxylic acids is 1. The molecule has 2 aromatic carbocycles. The topological polar surface area (TPSA) is 66.4 Å². The fraction of sp³-hybridized carbons (Fsp3) is 0. The lowest BCUT2D eigenvalue weighted by molar-refractivity contribution is 0.0698. The Hall–Kier alpha value is -1.92. The highest BCUT2D eigenvalue weighted by Crippen LogP contribution is 2.25. The first kappa shape index (κ1) is 15.5. The maximum atomic E-state index is 13.3. The van der Waals surface area contributed by atoms with Crippen LogP contribution in [0.1, 0.15) is 20.7 Å². The Morgan fingerprint density at radius 1 is 1.24 bits per heavy atom. The summed E-state index contributed by atoms with van der Waals surface area (Å²) >= 11 is 8.89. The molecule has 0 atom stereocenters. The highest BCUT2D eigenvalue weighted by molar-refractivity contribution is 9.10. The largest absolute Gasteiger partial charge is 0.478 e. The summed E-state index contributed by atoms with van der Waals surface area (Å²) in [5, 5.41) is 11.5. The monoisotopic (exact) mass is 371 g/mol. The van der Waals surface area contributed by atoms with E-state index in [0.717, 1.165) is 6.07 Å². The number of hydrogen-bond donors (Lipinski definition) is 2. The van der Waals surface area contributed by atoms with Gasteiger partial charge < -0.3 is 10.4 Å². The minimum Gasteiger partial charge on any atom is -0.478 e. The number of halogens is 3. The van der Waals surface area contributed by atoms with Crippen LogP contribution in [0.15, 0.2) is 40.9 Å². The molecule has 0 unspecified atom stereocenters. The number of anilines is 1. The van der Waals surface area contributed by atoms with Crippen molar-refractivity contribution in [3.8, 4) is 0 Å². The smallest absolute Gasteiger partial charge is 0.339 e. The van der Waals surface area contributed by atoms with Crippen LogP contribution in [0.25, 0.3) is 0 Å². The molecule has 2 aromatic rings. The fourth-order valence-electron chi connectivity index (χ4n) is 1.73. The van der Waals surface area contributed by atoms with Gasteiger partial charge in [0, 0.05) is 10.0 Å². The molecule has 21 heavy (non-hydrogen) atoms. The van der Waals surface area contributed by atoms with Gasteiger partial charge >= 0.3 is 5.97 Å². The van der Waals surface area contributed by atoms with Crippen molar-refractivity contribution in [3.63, 3.8) is 0 Å². The van der Waals surface area contributed by atoms with E-state index in [1.807, 2.05) is 0 Å². The molecule has 108 valence electrons. The molecule has 7 heteroatoms. The summed E-state index contributed by atoms with van der Waals surface area (Å²) in [6, 6.07) is 7.99. The summed E-state index contributed by atoms with van der Waals surface area (Å²) in [4.78, 5) is 23.2. The minimum absolute atomic E-state index is 0.000669. The molecule has 0 saturated carbocycles.